The Morgan fingerprint density at radius 1 is 0.917 bits per heavy atom. The number of thioether (sulfide) groups is 1. The molecule has 0 bridgehead atoms. The summed E-state index contributed by atoms with van der Waals surface area (Å²) in [6, 6.07) is 16.1. The molecule has 0 saturated carbocycles. The summed E-state index contributed by atoms with van der Waals surface area (Å²) in [6.07, 6.45) is 15.7. The molecule has 196 valence electrons. The van der Waals surface area contributed by atoms with Gasteiger partial charge in [-0.2, -0.15) is 0 Å². The quantitative estimate of drug-likeness (QED) is 0.217. The maximum absolute atomic E-state index is 12.7. The highest BCUT2D eigenvalue weighted by molar-refractivity contribution is 8.03. The Morgan fingerprint density at radius 2 is 1.61 bits per heavy atom. The predicted molar refractivity (Wildman–Crippen MR) is 154 cm³/mol. The molecule has 0 spiro atoms. The van der Waals surface area contributed by atoms with Crippen LogP contribution in [0.4, 0.5) is 5.69 Å². The molecule has 0 atom stereocenters. The minimum Gasteiger partial charge on any atom is -0.494 e. The van der Waals surface area contributed by atoms with Crippen molar-refractivity contribution in [2.75, 3.05) is 17.8 Å². The number of allylic oxidation sites excluding steroid dienone is 1. The van der Waals surface area contributed by atoms with Crippen LogP contribution >= 0.6 is 11.8 Å². The van der Waals surface area contributed by atoms with Gasteiger partial charge in [-0.15, -0.1) is 11.8 Å². The van der Waals surface area contributed by atoms with Gasteiger partial charge < -0.3 is 15.0 Å². The number of hydrogen-bond donors (Lipinski definition) is 1. The van der Waals surface area contributed by atoms with Crippen molar-refractivity contribution in [3.8, 4) is 5.75 Å². The maximum Gasteiger partial charge on any atom is 0.228 e. The lowest BCUT2D eigenvalue weighted by molar-refractivity contribution is -0.115. The molecule has 5 heteroatoms. The predicted octanol–water partition coefficient (Wildman–Crippen LogP) is 8.54. The van der Waals surface area contributed by atoms with Gasteiger partial charge in [-0.1, -0.05) is 89.0 Å². The van der Waals surface area contributed by atoms with Gasteiger partial charge in [0.15, 0.2) is 0 Å². The van der Waals surface area contributed by atoms with Gasteiger partial charge in [0, 0.05) is 18.4 Å². The van der Waals surface area contributed by atoms with Crippen LogP contribution in [0.15, 0.2) is 59.6 Å². The first-order valence-electron chi connectivity index (χ1n) is 13.8. The Balaban J connectivity index is 1.33. The van der Waals surface area contributed by atoms with Crippen LogP contribution in [0, 0.1) is 0 Å². The Morgan fingerprint density at radius 3 is 2.33 bits per heavy atom. The second kappa shape index (κ2) is 16.4. The number of nitrogens with zero attached hydrogens (tertiary/aromatic N) is 1. The molecule has 2 aromatic rings. The zero-order valence-electron chi connectivity index (χ0n) is 22.3. The molecule has 1 N–H and O–H groups in total. The lowest BCUT2D eigenvalue weighted by atomic mass is 10.1. The fraction of sp³-hybridized carbons (Fsp3) is 0.516. The first-order valence-corrected chi connectivity index (χ1v) is 14.8. The van der Waals surface area contributed by atoms with Crippen molar-refractivity contribution in [1.82, 2.24) is 4.90 Å². The molecule has 1 heterocycles. The molecule has 0 fully saturated rings. The van der Waals surface area contributed by atoms with Gasteiger partial charge in [-0.3, -0.25) is 4.79 Å². The number of carbonyl (C=O) groups excluding carboxylic acids is 1. The number of nitrogens with one attached hydrogen (secondary N) is 1. The summed E-state index contributed by atoms with van der Waals surface area (Å²) in [5, 5.41) is 3.06. The smallest absolute Gasteiger partial charge is 0.228 e. The number of ether oxygens (including phenoxy) is 1. The van der Waals surface area contributed by atoms with E-state index in [2.05, 4.69) is 42.4 Å². The lowest BCUT2D eigenvalue weighted by Gasteiger charge is -2.15. The van der Waals surface area contributed by atoms with E-state index in [1.807, 2.05) is 48.2 Å². The third-order valence-electron chi connectivity index (χ3n) is 6.45. The van der Waals surface area contributed by atoms with Crippen LogP contribution in [0.2, 0.25) is 0 Å². The Kier molecular flexibility index (Phi) is 12.8. The Bertz CT molecular complexity index is 959. The largest absolute Gasteiger partial charge is 0.494 e. The summed E-state index contributed by atoms with van der Waals surface area (Å²) in [7, 11) is 0. The van der Waals surface area contributed by atoms with Crippen LogP contribution in [0.25, 0.3) is 0 Å². The van der Waals surface area contributed by atoms with Gasteiger partial charge >= 0.3 is 0 Å². The van der Waals surface area contributed by atoms with Gasteiger partial charge in [0.25, 0.3) is 0 Å². The van der Waals surface area contributed by atoms with E-state index in [9.17, 15) is 4.79 Å². The number of hydrogen-bond acceptors (Lipinski definition) is 4. The highest BCUT2D eigenvalue weighted by atomic mass is 32.2. The third kappa shape index (κ3) is 11.1. The van der Waals surface area contributed by atoms with Gasteiger partial charge in [-0.25, -0.2) is 0 Å². The van der Waals surface area contributed by atoms with Crippen LogP contribution in [-0.2, 0) is 17.8 Å². The highest BCUT2D eigenvalue weighted by Crippen LogP contribution is 2.26. The van der Waals surface area contributed by atoms with Gasteiger partial charge in [0.1, 0.15) is 5.75 Å². The summed E-state index contributed by atoms with van der Waals surface area (Å²) < 4.78 is 5.96. The topological polar surface area (TPSA) is 41.6 Å². The second-order valence-corrected chi connectivity index (χ2v) is 11.1. The normalized spacial score (nSPS) is 13.1. The fourth-order valence-electron chi connectivity index (χ4n) is 4.50. The maximum atomic E-state index is 12.7. The molecule has 0 aliphatic carbocycles. The van der Waals surface area contributed by atoms with E-state index >= 15 is 0 Å². The Hall–Kier alpha value is -2.40. The van der Waals surface area contributed by atoms with Crippen LogP contribution in [0.1, 0.15) is 89.2 Å². The molecular formula is C31H44N2O2S. The van der Waals surface area contributed by atoms with Gasteiger partial charge in [-0.05, 0) is 53.6 Å². The van der Waals surface area contributed by atoms with Crippen molar-refractivity contribution in [1.29, 1.82) is 0 Å². The summed E-state index contributed by atoms with van der Waals surface area (Å²) >= 11 is 1.86. The molecule has 3 rings (SSSR count). The van der Waals surface area contributed by atoms with Crippen LogP contribution in [0.5, 0.6) is 5.75 Å². The summed E-state index contributed by atoms with van der Waals surface area (Å²) in [5.74, 6) is 1.83. The van der Waals surface area contributed by atoms with Crippen molar-refractivity contribution in [3.05, 3.63) is 70.8 Å². The SMILES string of the molecule is CCCCCCCCCCCCOc1cccc(CC(=O)Nc2cccc(CN3C=C(C)SC3)c2)c1. The molecule has 2 aromatic carbocycles. The zero-order valence-corrected chi connectivity index (χ0v) is 23.1. The van der Waals surface area contributed by atoms with Crippen LogP contribution < -0.4 is 10.1 Å². The van der Waals surface area contributed by atoms with Gasteiger partial charge in [0.2, 0.25) is 5.91 Å². The first kappa shape index (κ1) is 28.2. The molecule has 0 aromatic heterocycles. The van der Waals surface area contributed by atoms with E-state index in [-0.39, 0.29) is 5.91 Å². The van der Waals surface area contributed by atoms with Gasteiger partial charge in [0.05, 0.1) is 18.9 Å². The minimum absolute atomic E-state index is 0.00791. The number of rotatable bonds is 17. The summed E-state index contributed by atoms with van der Waals surface area (Å²) in [5.41, 5.74) is 3.01. The number of benzene rings is 2. The third-order valence-corrected chi connectivity index (χ3v) is 7.47. The van der Waals surface area contributed by atoms with Crippen molar-refractivity contribution in [3.63, 3.8) is 0 Å². The average molecular weight is 509 g/mol. The fourth-order valence-corrected chi connectivity index (χ4v) is 5.26. The number of amides is 1. The van der Waals surface area contributed by atoms with Crippen LogP contribution in [0.3, 0.4) is 0 Å². The van der Waals surface area contributed by atoms with E-state index in [1.165, 1.54) is 68.3 Å². The highest BCUT2D eigenvalue weighted by Gasteiger charge is 2.11. The van der Waals surface area contributed by atoms with Crippen molar-refractivity contribution in [2.45, 2.75) is 91.0 Å². The molecule has 36 heavy (non-hydrogen) atoms. The minimum atomic E-state index is -0.00791. The van der Waals surface area contributed by atoms with E-state index < -0.39 is 0 Å². The average Bonchev–Trinajstić information content (AvgIpc) is 3.27. The summed E-state index contributed by atoms with van der Waals surface area (Å²) in [6.45, 7) is 6.00. The molecule has 1 aliphatic heterocycles. The zero-order chi connectivity index (χ0) is 25.4. The van der Waals surface area contributed by atoms with E-state index in [1.54, 1.807) is 0 Å². The lowest BCUT2D eigenvalue weighted by Crippen LogP contribution is -2.15. The summed E-state index contributed by atoms with van der Waals surface area (Å²) in [4.78, 5) is 16.3. The van der Waals surface area contributed by atoms with Crippen LogP contribution in [-0.4, -0.2) is 23.3 Å². The molecule has 1 amide bonds. The van der Waals surface area contributed by atoms with Crippen molar-refractivity contribution < 1.29 is 9.53 Å². The molecule has 0 saturated heterocycles. The van der Waals surface area contributed by atoms with E-state index in [0.29, 0.717) is 6.42 Å². The number of carbonyl (C=O) groups is 1. The van der Waals surface area contributed by atoms with Crippen molar-refractivity contribution >= 4 is 23.4 Å². The van der Waals surface area contributed by atoms with E-state index in [4.69, 9.17) is 4.74 Å². The first-order chi connectivity index (χ1) is 17.6. The molecular weight excluding hydrogens is 464 g/mol. The molecule has 1 aliphatic rings. The Labute approximate surface area is 222 Å². The molecule has 0 unspecified atom stereocenters. The van der Waals surface area contributed by atoms with Crippen molar-refractivity contribution in [2.24, 2.45) is 0 Å². The molecule has 4 nitrogen and oxygen atoms in total. The number of unbranched alkanes of at least 4 members (excludes halogenated alkanes) is 9. The standard InChI is InChI=1S/C31H44N2O2S/c1-3-4-5-6-7-8-9-10-11-12-19-35-30-18-14-15-27(21-30)22-31(34)32-29-17-13-16-28(20-29)24-33-23-26(2)36-25-33/h13-18,20-21,23H,3-12,19,22,24-25H2,1-2H3,(H,32,34). The second-order valence-electron chi connectivity index (χ2n) is 9.86. The monoisotopic (exact) mass is 508 g/mol. The van der Waals surface area contributed by atoms with E-state index in [0.717, 1.165) is 42.4 Å². The molecule has 0 radical (unpaired) electrons. The number of anilines is 1.